The Hall–Kier alpha value is -1.97. The number of nitriles is 1. The van der Waals surface area contributed by atoms with Gasteiger partial charge in [-0.15, -0.1) is 11.3 Å². The number of ether oxygens (including phenoxy) is 1. The molecule has 2 N–H and O–H groups in total. The van der Waals surface area contributed by atoms with Crippen molar-refractivity contribution < 1.29 is 28.1 Å². The molecule has 2 aromatic heterocycles. The number of thiophene rings is 1. The second kappa shape index (κ2) is 14.3. The SMILES string of the molecule is CC.CC(C)(C#N)CC(O)Cn1cc(CN2CCCc3sc(C(F)(F)F)c(CO)c3CCOCC2)cn1. The van der Waals surface area contributed by atoms with Crippen molar-refractivity contribution in [2.45, 2.75) is 85.4 Å². The lowest BCUT2D eigenvalue weighted by Crippen LogP contribution is -2.28. The molecule has 2 aromatic rings. The van der Waals surface area contributed by atoms with Crippen LogP contribution in [-0.4, -0.2) is 57.3 Å². The first kappa shape index (κ1) is 31.2. The average Bonchev–Trinajstić information content (AvgIpc) is 3.42. The van der Waals surface area contributed by atoms with Gasteiger partial charge in [0, 0.05) is 35.3 Å². The lowest BCUT2D eigenvalue weighted by molar-refractivity contribution is -0.135. The summed E-state index contributed by atoms with van der Waals surface area (Å²) in [5, 5.41) is 33.4. The molecule has 208 valence electrons. The van der Waals surface area contributed by atoms with E-state index in [1.165, 1.54) is 0 Å². The Morgan fingerprint density at radius 2 is 1.95 bits per heavy atom. The van der Waals surface area contributed by atoms with Gasteiger partial charge in [-0.1, -0.05) is 13.8 Å². The summed E-state index contributed by atoms with van der Waals surface area (Å²) in [4.78, 5) is 2.16. The van der Waals surface area contributed by atoms with Gasteiger partial charge in [0.2, 0.25) is 0 Å². The molecule has 0 saturated heterocycles. The minimum atomic E-state index is -4.47. The Labute approximate surface area is 221 Å². The first-order chi connectivity index (χ1) is 17.5. The summed E-state index contributed by atoms with van der Waals surface area (Å²) in [6.07, 6.45) is 0.359. The highest BCUT2D eigenvalue weighted by atomic mass is 32.1. The largest absolute Gasteiger partial charge is 0.425 e. The number of alkyl halides is 3. The summed E-state index contributed by atoms with van der Waals surface area (Å²) in [6.45, 7) is 9.97. The summed E-state index contributed by atoms with van der Waals surface area (Å²) in [7, 11) is 0. The highest BCUT2D eigenvalue weighted by Gasteiger charge is 2.37. The van der Waals surface area contributed by atoms with Crippen molar-refractivity contribution in [1.29, 1.82) is 5.26 Å². The van der Waals surface area contributed by atoms with Crippen LogP contribution >= 0.6 is 11.3 Å². The molecule has 1 unspecified atom stereocenters. The van der Waals surface area contributed by atoms with E-state index in [-0.39, 0.29) is 5.56 Å². The standard InChI is InChI=1S/C24H33F3N4O3S.C2H6/c1-23(2,16-28)10-18(33)14-31-13-17(11-29-31)12-30-6-3-4-21-19(5-8-34-9-7-30)20(15-32)22(35-21)24(25,26)27;1-2/h11,13,18,32-33H,3-10,12,14-15H2,1-2H3;1-2H3. The minimum Gasteiger partial charge on any atom is -0.392 e. The van der Waals surface area contributed by atoms with E-state index in [9.17, 15) is 23.4 Å². The number of hydrogen-bond acceptors (Lipinski definition) is 7. The number of hydrogen-bond donors (Lipinski definition) is 2. The smallest absolute Gasteiger partial charge is 0.392 e. The summed E-state index contributed by atoms with van der Waals surface area (Å²) in [5.74, 6) is 0. The lowest BCUT2D eigenvalue weighted by Gasteiger charge is -2.21. The van der Waals surface area contributed by atoms with Crippen LogP contribution in [-0.2, 0) is 43.5 Å². The maximum atomic E-state index is 13.5. The van der Waals surface area contributed by atoms with Crippen LogP contribution in [0.2, 0.25) is 0 Å². The van der Waals surface area contributed by atoms with Gasteiger partial charge >= 0.3 is 6.18 Å². The molecule has 0 spiro atoms. The van der Waals surface area contributed by atoms with Gasteiger partial charge in [0.1, 0.15) is 4.88 Å². The van der Waals surface area contributed by atoms with E-state index in [0.717, 1.165) is 16.9 Å². The number of aliphatic hydroxyl groups is 2. The molecular weight excluding hydrogens is 505 g/mol. The third-order valence-corrected chi connectivity index (χ3v) is 7.46. The zero-order chi connectivity index (χ0) is 27.6. The molecule has 11 heteroatoms. The normalized spacial score (nSPS) is 16.6. The number of fused-ring (bicyclic) bond motifs is 1. The van der Waals surface area contributed by atoms with Crippen LogP contribution < -0.4 is 0 Å². The third kappa shape index (κ3) is 9.37. The lowest BCUT2D eigenvalue weighted by atomic mass is 9.88. The highest BCUT2D eigenvalue weighted by Crippen LogP contribution is 2.41. The van der Waals surface area contributed by atoms with Crippen molar-refractivity contribution in [3.8, 4) is 6.07 Å². The van der Waals surface area contributed by atoms with Crippen LogP contribution in [0.1, 0.15) is 67.0 Å². The molecule has 0 amide bonds. The molecule has 0 fully saturated rings. The maximum Gasteiger partial charge on any atom is 0.425 e. The fraction of sp³-hybridized carbons (Fsp3) is 0.692. The number of aryl methyl sites for hydroxylation is 1. The van der Waals surface area contributed by atoms with E-state index in [2.05, 4.69) is 16.1 Å². The van der Waals surface area contributed by atoms with Gasteiger partial charge in [-0.25, -0.2) is 0 Å². The molecule has 0 radical (unpaired) electrons. The zero-order valence-corrected chi connectivity index (χ0v) is 23.0. The Balaban J connectivity index is 0.00000235. The van der Waals surface area contributed by atoms with Crippen molar-refractivity contribution in [2.24, 2.45) is 5.41 Å². The molecule has 1 atom stereocenters. The van der Waals surface area contributed by atoms with Gasteiger partial charge in [-0.3, -0.25) is 9.58 Å². The molecule has 0 bridgehead atoms. The highest BCUT2D eigenvalue weighted by molar-refractivity contribution is 7.12. The molecule has 0 saturated carbocycles. The molecule has 0 aliphatic carbocycles. The van der Waals surface area contributed by atoms with E-state index >= 15 is 0 Å². The van der Waals surface area contributed by atoms with Gasteiger partial charge in [0.05, 0.1) is 50.2 Å². The predicted octanol–water partition coefficient (Wildman–Crippen LogP) is 4.79. The fourth-order valence-electron chi connectivity index (χ4n) is 4.40. The quantitative estimate of drug-likeness (QED) is 0.521. The summed E-state index contributed by atoms with van der Waals surface area (Å²) in [5.41, 5.74) is 0.921. The molecule has 1 aliphatic heterocycles. The second-order valence-electron chi connectivity index (χ2n) is 9.63. The van der Waals surface area contributed by atoms with Gasteiger partial charge in [-0.05, 0) is 51.6 Å². The van der Waals surface area contributed by atoms with Crippen LogP contribution in [0.15, 0.2) is 12.4 Å². The number of nitrogens with zero attached hydrogens (tertiary/aromatic N) is 4. The predicted molar refractivity (Wildman–Crippen MR) is 137 cm³/mol. The Morgan fingerprint density at radius 3 is 2.59 bits per heavy atom. The van der Waals surface area contributed by atoms with Crippen LogP contribution in [0.25, 0.3) is 0 Å². The molecule has 3 rings (SSSR count). The molecular formula is C26H39F3N4O3S. The molecule has 1 aliphatic rings. The van der Waals surface area contributed by atoms with Crippen LogP contribution in [0.4, 0.5) is 13.2 Å². The number of aliphatic hydroxyl groups excluding tert-OH is 2. The summed E-state index contributed by atoms with van der Waals surface area (Å²) < 4.78 is 47.8. The Kier molecular flexibility index (Phi) is 12.0. The Morgan fingerprint density at radius 1 is 1.22 bits per heavy atom. The van der Waals surface area contributed by atoms with E-state index in [4.69, 9.17) is 10.00 Å². The topological polar surface area (TPSA) is 94.5 Å². The average molecular weight is 545 g/mol. The van der Waals surface area contributed by atoms with Crippen molar-refractivity contribution in [3.63, 3.8) is 0 Å². The minimum absolute atomic E-state index is 0.00929. The van der Waals surface area contributed by atoms with Crippen molar-refractivity contribution in [2.75, 3.05) is 26.3 Å². The first-order valence-corrected chi connectivity index (χ1v) is 13.6. The van der Waals surface area contributed by atoms with Crippen LogP contribution in [0, 0.1) is 16.7 Å². The number of aromatic nitrogens is 2. The first-order valence-electron chi connectivity index (χ1n) is 12.7. The zero-order valence-electron chi connectivity index (χ0n) is 22.1. The monoisotopic (exact) mass is 544 g/mol. The Bertz CT molecular complexity index is 1010. The van der Waals surface area contributed by atoms with E-state index in [1.54, 1.807) is 24.7 Å². The number of halogens is 3. The molecule has 3 heterocycles. The summed E-state index contributed by atoms with van der Waals surface area (Å²) in [6, 6.07) is 2.19. The van der Waals surface area contributed by atoms with E-state index in [0.29, 0.717) is 75.5 Å². The number of rotatable bonds is 7. The second-order valence-corrected chi connectivity index (χ2v) is 10.7. The van der Waals surface area contributed by atoms with Crippen LogP contribution in [0.3, 0.4) is 0 Å². The molecule has 7 nitrogen and oxygen atoms in total. The van der Waals surface area contributed by atoms with E-state index in [1.807, 2.05) is 20.0 Å². The van der Waals surface area contributed by atoms with Crippen molar-refractivity contribution in [1.82, 2.24) is 14.7 Å². The fourth-order valence-corrected chi connectivity index (χ4v) is 5.67. The summed E-state index contributed by atoms with van der Waals surface area (Å²) >= 11 is 0.742. The maximum absolute atomic E-state index is 13.5. The van der Waals surface area contributed by atoms with Gasteiger partial charge < -0.3 is 14.9 Å². The third-order valence-electron chi connectivity index (χ3n) is 6.08. The van der Waals surface area contributed by atoms with Gasteiger partial charge in [0.15, 0.2) is 0 Å². The van der Waals surface area contributed by atoms with Crippen molar-refractivity contribution >= 4 is 11.3 Å². The molecule has 0 aromatic carbocycles. The van der Waals surface area contributed by atoms with Crippen LogP contribution in [0.5, 0.6) is 0 Å². The van der Waals surface area contributed by atoms with Gasteiger partial charge in [-0.2, -0.15) is 23.5 Å². The van der Waals surface area contributed by atoms with Gasteiger partial charge in [0.25, 0.3) is 0 Å². The molecule has 37 heavy (non-hydrogen) atoms. The van der Waals surface area contributed by atoms with E-state index < -0.39 is 29.2 Å². The van der Waals surface area contributed by atoms with Crippen molar-refractivity contribution in [3.05, 3.63) is 38.8 Å².